The highest BCUT2D eigenvalue weighted by Crippen LogP contribution is 2.39. The van der Waals surface area contributed by atoms with Gasteiger partial charge in [0.1, 0.15) is 18.1 Å². The van der Waals surface area contributed by atoms with Crippen LogP contribution < -0.4 is 4.74 Å². The van der Waals surface area contributed by atoms with Crippen LogP contribution in [0.5, 0.6) is 5.75 Å². The third-order valence-electron chi connectivity index (χ3n) is 3.54. The summed E-state index contributed by atoms with van der Waals surface area (Å²) in [6.45, 7) is -1.07. The molecule has 1 aromatic heterocycles. The van der Waals surface area contributed by atoms with Gasteiger partial charge in [-0.1, -0.05) is 12.1 Å². The third kappa shape index (κ3) is 3.58. The molecule has 3 rings (SSSR count). The Morgan fingerprint density at radius 1 is 1.23 bits per heavy atom. The first kappa shape index (κ1) is 14.9. The molecule has 1 heterocycles. The van der Waals surface area contributed by atoms with Gasteiger partial charge in [0.05, 0.1) is 7.11 Å². The fourth-order valence-corrected chi connectivity index (χ4v) is 2.33. The second-order valence-electron chi connectivity index (χ2n) is 5.46. The van der Waals surface area contributed by atoms with Crippen molar-refractivity contribution in [3.05, 3.63) is 41.5 Å². The smallest absolute Gasteiger partial charge is 0.408 e. The van der Waals surface area contributed by atoms with E-state index >= 15 is 0 Å². The van der Waals surface area contributed by atoms with Crippen LogP contribution in [0.2, 0.25) is 0 Å². The fraction of sp³-hybridized carbons (Fsp3) is 0.467. The minimum Gasteiger partial charge on any atom is -0.497 e. The molecule has 0 saturated heterocycles. The molecule has 1 saturated carbocycles. The normalized spacial score (nSPS) is 15.1. The van der Waals surface area contributed by atoms with E-state index < -0.39 is 12.7 Å². The first-order valence-corrected chi connectivity index (χ1v) is 7.08. The van der Waals surface area contributed by atoms with Gasteiger partial charge in [0.15, 0.2) is 5.82 Å². The summed E-state index contributed by atoms with van der Waals surface area (Å²) in [5, 5.41) is 4.05. The highest BCUT2D eigenvalue weighted by Gasteiger charge is 2.35. The number of alkyl halides is 3. The van der Waals surface area contributed by atoms with E-state index in [-0.39, 0.29) is 5.92 Å². The van der Waals surface area contributed by atoms with Gasteiger partial charge in [-0.25, -0.2) is 9.67 Å². The van der Waals surface area contributed by atoms with Crippen LogP contribution in [-0.4, -0.2) is 28.1 Å². The lowest BCUT2D eigenvalue weighted by atomic mass is 10.1. The number of halogens is 3. The predicted octanol–water partition coefficient (Wildman–Crippen LogP) is 3.32. The van der Waals surface area contributed by atoms with Gasteiger partial charge < -0.3 is 4.74 Å². The zero-order valence-corrected chi connectivity index (χ0v) is 12.1. The van der Waals surface area contributed by atoms with Crippen LogP contribution in [0.15, 0.2) is 24.3 Å². The average Bonchev–Trinajstić information content (AvgIpc) is 3.22. The first-order chi connectivity index (χ1) is 10.4. The number of nitrogens with zero attached hydrogens (tertiary/aromatic N) is 3. The Morgan fingerprint density at radius 2 is 1.91 bits per heavy atom. The molecule has 118 valence electrons. The number of hydrogen-bond acceptors (Lipinski definition) is 3. The standard InChI is InChI=1S/C15H16F3N3O/c1-22-12-6-2-10(3-7-12)8-13-19-14(11-4-5-11)21(20-13)9-15(16,17)18/h2-3,6-7,11H,4-5,8-9H2,1H3. The predicted molar refractivity (Wildman–Crippen MR) is 73.9 cm³/mol. The van der Waals surface area contributed by atoms with E-state index in [4.69, 9.17) is 4.74 Å². The van der Waals surface area contributed by atoms with Crippen LogP contribution in [-0.2, 0) is 13.0 Å². The van der Waals surface area contributed by atoms with Gasteiger partial charge in [0, 0.05) is 12.3 Å². The first-order valence-electron chi connectivity index (χ1n) is 7.08. The Balaban J connectivity index is 1.79. The van der Waals surface area contributed by atoms with E-state index in [2.05, 4.69) is 10.1 Å². The summed E-state index contributed by atoms with van der Waals surface area (Å²) in [6, 6.07) is 7.34. The molecule has 0 radical (unpaired) electrons. The van der Waals surface area contributed by atoms with E-state index in [1.807, 2.05) is 24.3 Å². The highest BCUT2D eigenvalue weighted by molar-refractivity contribution is 5.29. The van der Waals surface area contributed by atoms with Crippen molar-refractivity contribution in [2.75, 3.05) is 7.11 Å². The van der Waals surface area contributed by atoms with Crippen LogP contribution in [0.1, 0.15) is 36.0 Å². The van der Waals surface area contributed by atoms with Crippen LogP contribution in [0.3, 0.4) is 0 Å². The van der Waals surface area contributed by atoms with E-state index in [9.17, 15) is 13.2 Å². The molecule has 0 N–H and O–H groups in total. The highest BCUT2D eigenvalue weighted by atomic mass is 19.4. The molecule has 4 nitrogen and oxygen atoms in total. The SMILES string of the molecule is COc1ccc(Cc2nc(C3CC3)n(CC(F)(F)F)n2)cc1. The van der Waals surface area contributed by atoms with E-state index in [0.29, 0.717) is 18.1 Å². The van der Waals surface area contributed by atoms with Gasteiger partial charge in [0.2, 0.25) is 0 Å². The number of rotatable bonds is 5. The molecule has 1 aromatic carbocycles. The van der Waals surface area contributed by atoms with Crippen molar-refractivity contribution >= 4 is 0 Å². The van der Waals surface area contributed by atoms with Gasteiger partial charge in [-0.3, -0.25) is 0 Å². The van der Waals surface area contributed by atoms with E-state index in [0.717, 1.165) is 28.8 Å². The Morgan fingerprint density at radius 3 is 2.45 bits per heavy atom. The van der Waals surface area contributed by atoms with Crippen molar-refractivity contribution in [3.8, 4) is 5.75 Å². The summed E-state index contributed by atoms with van der Waals surface area (Å²) >= 11 is 0. The molecule has 22 heavy (non-hydrogen) atoms. The monoisotopic (exact) mass is 311 g/mol. The van der Waals surface area contributed by atoms with Gasteiger partial charge in [-0.15, -0.1) is 0 Å². The number of benzene rings is 1. The molecular formula is C15H16F3N3O. The van der Waals surface area contributed by atoms with Crippen molar-refractivity contribution in [2.45, 2.75) is 37.9 Å². The minimum atomic E-state index is -4.28. The maximum Gasteiger partial charge on any atom is 0.408 e. The lowest BCUT2D eigenvalue weighted by Gasteiger charge is -2.07. The van der Waals surface area contributed by atoms with Crippen LogP contribution in [0.4, 0.5) is 13.2 Å². The van der Waals surface area contributed by atoms with Crippen molar-refractivity contribution in [1.82, 2.24) is 14.8 Å². The van der Waals surface area contributed by atoms with Crippen molar-refractivity contribution in [2.24, 2.45) is 0 Å². The molecule has 0 aliphatic heterocycles. The second kappa shape index (κ2) is 5.62. The lowest BCUT2D eigenvalue weighted by Crippen LogP contribution is -2.20. The molecule has 0 amide bonds. The summed E-state index contributed by atoms with van der Waals surface area (Å²) < 4.78 is 44.0. The molecule has 0 atom stereocenters. The van der Waals surface area contributed by atoms with Gasteiger partial charge in [-0.2, -0.15) is 18.3 Å². The zero-order valence-electron chi connectivity index (χ0n) is 12.1. The Kier molecular flexibility index (Phi) is 3.80. The molecule has 0 unspecified atom stereocenters. The number of ether oxygens (including phenoxy) is 1. The Labute approximate surface area is 125 Å². The van der Waals surface area contributed by atoms with E-state index in [1.54, 1.807) is 7.11 Å². The summed E-state index contributed by atoms with van der Waals surface area (Å²) in [4.78, 5) is 4.31. The molecule has 1 aliphatic rings. The van der Waals surface area contributed by atoms with Crippen LogP contribution in [0.25, 0.3) is 0 Å². The van der Waals surface area contributed by atoms with Crippen molar-refractivity contribution < 1.29 is 17.9 Å². The topological polar surface area (TPSA) is 39.9 Å². The fourth-order valence-electron chi connectivity index (χ4n) is 2.33. The summed E-state index contributed by atoms with van der Waals surface area (Å²) in [5.41, 5.74) is 0.937. The maximum atomic E-state index is 12.6. The summed E-state index contributed by atoms with van der Waals surface area (Å²) in [5.74, 6) is 1.75. The lowest BCUT2D eigenvalue weighted by molar-refractivity contribution is -0.143. The van der Waals surface area contributed by atoms with Crippen LogP contribution in [0, 0.1) is 0 Å². The summed E-state index contributed by atoms with van der Waals surface area (Å²) in [6.07, 6.45) is -2.10. The molecule has 0 spiro atoms. The quantitative estimate of drug-likeness (QED) is 0.850. The molecule has 2 aromatic rings. The second-order valence-corrected chi connectivity index (χ2v) is 5.46. The maximum absolute atomic E-state index is 12.6. The Hall–Kier alpha value is -2.05. The molecular weight excluding hydrogens is 295 g/mol. The number of aromatic nitrogens is 3. The average molecular weight is 311 g/mol. The largest absolute Gasteiger partial charge is 0.497 e. The third-order valence-corrected chi connectivity index (χ3v) is 3.54. The minimum absolute atomic E-state index is 0.125. The van der Waals surface area contributed by atoms with E-state index in [1.165, 1.54) is 0 Å². The van der Waals surface area contributed by atoms with Crippen molar-refractivity contribution in [1.29, 1.82) is 0 Å². The van der Waals surface area contributed by atoms with Gasteiger partial charge in [-0.05, 0) is 30.5 Å². The van der Waals surface area contributed by atoms with Gasteiger partial charge in [0.25, 0.3) is 0 Å². The molecule has 1 aliphatic carbocycles. The van der Waals surface area contributed by atoms with Crippen LogP contribution >= 0.6 is 0 Å². The van der Waals surface area contributed by atoms with Gasteiger partial charge >= 0.3 is 6.18 Å². The Bertz CT molecular complexity index is 645. The molecule has 1 fully saturated rings. The van der Waals surface area contributed by atoms with Crippen molar-refractivity contribution in [3.63, 3.8) is 0 Å². The zero-order chi connectivity index (χ0) is 15.7. The number of hydrogen-bond donors (Lipinski definition) is 0. The number of methoxy groups -OCH3 is 1. The molecule has 7 heteroatoms. The summed E-state index contributed by atoms with van der Waals surface area (Å²) in [7, 11) is 1.58. The molecule has 0 bridgehead atoms.